The molecule has 0 fully saturated rings. The zero-order valence-corrected chi connectivity index (χ0v) is 12.0. The quantitative estimate of drug-likeness (QED) is 0.480. The summed E-state index contributed by atoms with van der Waals surface area (Å²) in [5, 5.41) is 0.836. The van der Waals surface area contributed by atoms with Crippen molar-refractivity contribution in [2.75, 3.05) is 0 Å². The molecule has 0 unspecified atom stereocenters. The highest BCUT2D eigenvalue weighted by atomic mass is 79.9. The lowest BCUT2D eigenvalue weighted by Crippen LogP contribution is -2.22. The molecule has 0 aromatic heterocycles. The van der Waals surface area contributed by atoms with Crippen LogP contribution in [0.3, 0.4) is 0 Å². The highest BCUT2D eigenvalue weighted by Crippen LogP contribution is 2.11. The van der Waals surface area contributed by atoms with Crippen LogP contribution in [-0.2, 0) is 14.9 Å². The molecule has 0 saturated heterocycles. The summed E-state index contributed by atoms with van der Waals surface area (Å²) >= 11 is 3.39. The van der Waals surface area contributed by atoms with E-state index >= 15 is 0 Å². The molecule has 3 heteroatoms. The standard InChI is InChI=1S/C14H17BrO2/c1-14(2,3)17-13(16)9-8-11-4-6-12(10-15)7-5-11/h4-9H,10H2,1-3H3. The Morgan fingerprint density at radius 1 is 1.29 bits per heavy atom. The van der Waals surface area contributed by atoms with Crippen LogP contribution in [0.25, 0.3) is 6.08 Å². The second-order valence-corrected chi connectivity index (χ2v) is 5.30. The largest absolute Gasteiger partial charge is 0.457 e. The highest BCUT2D eigenvalue weighted by Gasteiger charge is 2.13. The van der Waals surface area contributed by atoms with Gasteiger partial charge in [0.2, 0.25) is 0 Å². The minimum Gasteiger partial charge on any atom is -0.457 e. The van der Waals surface area contributed by atoms with Gasteiger partial charge in [-0.1, -0.05) is 40.2 Å². The molecule has 0 aliphatic rings. The number of carbonyl (C=O) groups is 1. The molecule has 0 amide bonds. The van der Waals surface area contributed by atoms with Crippen molar-refractivity contribution in [1.29, 1.82) is 0 Å². The van der Waals surface area contributed by atoms with Crippen LogP contribution in [0.15, 0.2) is 30.3 Å². The van der Waals surface area contributed by atoms with Gasteiger partial charge in [0.05, 0.1) is 0 Å². The molecule has 0 saturated carbocycles. The first kappa shape index (κ1) is 14.0. The van der Waals surface area contributed by atoms with E-state index in [1.165, 1.54) is 11.6 Å². The first-order valence-corrected chi connectivity index (χ1v) is 6.59. The number of hydrogen-bond donors (Lipinski definition) is 0. The van der Waals surface area contributed by atoms with Gasteiger partial charge < -0.3 is 4.74 Å². The molecule has 0 aliphatic heterocycles. The lowest BCUT2D eigenvalue weighted by molar-refractivity contribution is -0.148. The van der Waals surface area contributed by atoms with Gasteiger partial charge in [-0.3, -0.25) is 0 Å². The van der Waals surface area contributed by atoms with Crippen LogP contribution in [0.4, 0.5) is 0 Å². The number of alkyl halides is 1. The highest BCUT2D eigenvalue weighted by molar-refractivity contribution is 9.08. The third-order valence-electron chi connectivity index (χ3n) is 1.95. The zero-order chi connectivity index (χ0) is 12.9. The third kappa shape index (κ3) is 5.68. The van der Waals surface area contributed by atoms with Crippen molar-refractivity contribution in [3.63, 3.8) is 0 Å². The van der Waals surface area contributed by atoms with E-state index in [-0.39, 0.29) is 5.97 Å². The number of esters is 1. The molecule has 0 atom stereocenters. The van der Waals surface area contributed by atoms with Crippen LogP contribution in [-0.4, -0.2) is 11.6 Å². The molecule has 0 bridgehead atoms. The maximum absolute atomic E-state index is 11.4. The van der Waals surface area contributed by atoms with E-state index in [1.54, 1.807) is 6.08 Å². The molecule has 1 aromatic carbocycles. The summed E-state index contributed by atoms with van der Waals surface area (Å²) in [6.07, 6.45) is 3.21. The van der Waals surface area contributed by atoms with Crippen molar-refractivity contribution in [3.05, 3.63) is 41.5 Å². The minimum absolute atomic E-state index is 0.318. The summed E-state index contributed by atoms with van der Waals surface area (Å²) in [6.45, 7) is 5.55. The van der Waals surface area contributed by atoms with Crippen LogP contribution in [0.5, 0.6) is 0 Å². The van der Waals surface area contributed by atoms with Gasteiger partial charge in [0.25, 0.3) is 0 Å². The van der Waals surface area contributed by atoms with Crippen molar-refractivity contribution in [2.24, 2.45) is 0 Å². The van der Waals surface area contributed by atoms with Crippen molar-refractivity contribution in [2.45, 2.75) is 31.7 Å². The third-order valence-corrected chi connectivity index (χ3v) is 2.60. The molecule has 0 radical (unpaired) electrons. The average molecular weight is 297 g/mol. The molecule has 2 nitrogen and oxygen atoms in total. The predicted octanol–water partition coefficient (Wildman–Crippen LogP) is 3.94. The summed E-state index contributed by atoms with van der Waals surface area (Å²) in [7, 11) is 0. The topological polar surface area (TPSA) is 26.3 Å². The number of benzene rings is 1. The SMILES string of the molecule is CC(C)(C)OC(=O)C=Cc1ccc(CBr)cc1. The molecule has 17 heavy (non-hydrogen) atoms. The fourth-order valence-electron chi connectivity index (χ4n) is 1.22. The van der Waals surface area contributed by atoms with Gasteiger partial charge in [-0.15, -0.1) is 0 Å². The summed E-state index contributed by atoms with van der Waals surface area (Å²) in [5.41, 5.74) is 1.75. The lowest BCUT2D eigenvalue weighted by Gasteiger charge is -2.17. The summed E-state index contributed by atoms with van der Waals surface area (Å²) in [6, 6.07) is 7.97. The predicted molar refractivity (Wildman–Crippen MR) is 74.0 cm³/mol. The smallest absolute Gasteiger partial charge is 0.331 e. The normalized spacial score (nSPS) is 11.8. The van der Waals surface area contributed by atoms with E-state index < -0.39 is 5.60 Å². The maximum atomic E-state index is 11.4. The molecule has 1 aromatic rings. The van der Waals surface area contributed by atoms with Crippen LogP contribution >= 0.6 is 15.9 Å². The molecular formula is C14H17BrO2. The number of halogens is 1. The van der Waals surface area contributed by atoms with E-state index in [0.717, 1.165) is 10.9 Å². The van der Waals surface area contributed by atoms with E-state index in [9.17, 15) is 4.79 Å². The van der Waals surface area contributed by atoms with Crippen molar-refractivity contribution < 1.29 is 9.53 Å². The van der Waals surface area contributed by atoms with Gasteiger partial charge in [-0.25, -0.2) is 4.79 Å². The van der Waals surface area contributed by atoms with Crippen molar-refractivity contribution in [1.82, 2.24) is 0 Å². The Morgan fingerprint density at radius 3 is 2.35 bits per heavy atom. The summed E-state index contributed by atoms with van der Waals surface area (Å²) in [5.74, 6) is -0.318. The second kappa shape index (κ2) is 6.01. The van der Waals surface area contributed by atoms with E-state index in [0.29, 0.717) is 0 Å². The lowest BCUT2D eigenvalue weighted by atomic mass is 10.1. The molecular weight excluding hydrogens is 280 g/mol. The Bertz CT molecular complexity index is 399. The second-order valence-electron chi connectivity index (χ2n) is 4.74. The van der Waals surface area contributed by atoms with Gasteiger partial charge in [-0.2, -0.15) is 0 Å². The Morgan fingerprint density at radius 2 is 1.88 bits per heavy atom. The van der Waals surface area contributed by atoms with E-state index in [1.807, 2.05) is 45.0 Å². The van der Waals surface area contributed by atoms with Gasteiger partial charge in [0, 0.05) is 11.4 Å². The van der Waals surface area contributed by atoms with Crippen LogP contribution in [0.1, 0.15) is 31.9 Å². The van der Waals surface area contributed by atoms with Crippen LogP contribution in [0.2, 0.25) is 0 Å². The van der Waals surface area contributed by atoms with Crippen LogP contribution in [0, 0.1) is 0 Å². The Kier molecular flexibility index (Phi) is 4.94. The number of ether oxygens (including phenoxy) is 1. The number of hydrogen-bond acceptors (Lipinski definition) is 2. The first-order chi connectivity index (χ1) is 7.90. The molecule has 92 valence electrons. The van der Waals surface area contributed by atoms with E-state index in [2.05, 4.69) is 15.9 Å². The first-order valence-electron chi connectivity index (χ1n) is 5.47. The molecule has 1 rings (SSSR count). The maximum Gasteiger partial charge on any atom is 0.331 e. The van der Waals surface area contributed by atoms with Gasteiger partial charge in [0.1, 0.15) is 5.60 Å². The van der Waals surface area contributed by atoms with Crippen molar-refractivity contribution >= 4 is 28.0 Å². The minimum atomic E-state index is -0.443. The monoisotopic (exact) mass is 296 g/mol. The summed E-state index contributed by atoms with van der Waals surface area (Å²) in [4.78, 5) is 11.4. The molecule has 0 aliphatic carbocycles. The molecule has 0 N–H and O–H groups in total. The van der Waals surface area contributed by atoms with E-state index in [4.69, 9.17) is 4.74 Å². The zero-order valence-electron chi connectivity index (χ0n) is 10.4. The van der Waals surface area contributed by atoms with Gasteiger partial charge in [0.15, 0.2) is 0 Å². The molecule has 0 heterocycles. The average Bonchev–Trinajstić information content (AvgIpc) is 2.25. The van der Waals surface area contributed by atoms with Crippen LogP contribution < -0.4 is 0 Å². The summed E-state index contributed by atoms with van der Waals surface area (Å²) < 4.78 is 5.17. The number of carbonyl (C=O) groups excluding carboxylic acids is 1. The Hall–Kier alpha value is -1.09. The fourth-order valence-corrected chi connectivity index (χ4v) is 1.59. The fraction of sp³-hybridized carbons (Fsp3) is 0.357. The Labute approximate surface area is 111 Å². The molecule has 0 spiro atoms. The van der Waals surface area contributed by atoms with Gasteiger partial charge >= 0.3 is 5.97 Å². The number of rotatable bonds is 3. The van der Waals surface area contributed by atoms with Gasteiger partial charge in [-0.05, 0) is 38.0 Å². The Balaban J connectivity index is 2.61. The van der Waals surface area contributed by atoms with Crippen molar-refractivity contribution in [3.8, 4) is 0 Å².